The van der Waals surface area contributed by atoms with Crippen LogP contribution in [0.2, 0.25) is 0 Å². The number of nitrogens with two attached hydrogens (primary N) is 1. The lowest BCUT2D eigenvalue weighted by Crippen LogP contribution is -2.31. The van der Waals surface area contributed by atoms with Gasteiger partial charge in [-0.3, -0.25) is 4.79 Å². The molecule has 17 heavy (non-hydrogen) atoms. The largest absolute Gasteiger partial charge is 0.318 e. The van der Waals surface area contributed by atoms with Gasteiger partial charge in [0.15, 0.2) is 5.78 Å². The molecule has 0 radical (unpaired) electrons. The molecule has 0 heterocycles. The van der Waals surface area contributed by atoms with E-state index >= 15 is 0 Å². The summed E-state index contributed by atoms with van der Waals surface area (Å²) in [5.41, 5.74) is 7.01. The maximum atomic E-state index is 12.3. The Balaban J connectivity index is 2.04. The fourth-order valence-corrected chi connectivity index (χ4v) is 2.77. The van der Waals surface area contributed by atoms with E-state index in [1.54, 1.807) is 0 Å². The molecular weight excluding hydrogens is 210 g/mol. The van der Waals surface area contributed by atoms with Gasteiger partial charge in [0.25, 0.3) is 0 Å². The molecule has 2 N–H and O–H groups in total. The first-order chi connectivity index (χ1) is 8.18. The van der Waals surface area contributed by atoms with Crippen LogP contribution >= 0.6 is 0 Å². The molecule has 1 aliphatic rings. The van der Waals surface area contributed by atoms with E-state index in [-0.39, 0.29) is 11.7 Å². The Morgan fingerprint density at radius 3 is 2.65 bits per heavy atom. The highest BCUT2D eigenvalue weighted by molar-refractivity contribution is 5.87. The lowest BCUT2D eigenvalue weighted by molar-refractivity contribution is -0.125. The standard InChI is InChI=1S/C15H21NO/c1-11-6-5-9-13(10-11)15(17)14(16)12-7-3-2-4-8-12/h2-4,7-8,11,13-14H,5-6,9-10,16H2,1H3. The molecule has 2 nitrogen and oxygen atoms in total. The van der Waals surface area contributed by atoms with E-state index in [4.69, 9.17) is 5.73 Å². The number of carbonyl (C=O) groups excluding carboxylic acids is 1. The number of hydrogen-bond donors (Lipinski definition) is 1. The summed E-state index contributed by atoms with van der Waals surface area (Å²) in [5.74, 6) is 1.07. The van der Waals surface area contributed by atoms with E-state index in [2.05, 4.69) is 6.92 Å². The fraction of sp³-hybridized carbons (Fsp3) is 0.533. The Morgan fingerprint density at radius 2 is 2.00 bits per heavy atom. The van der Waals surface area contributed by atoms with Crippen molar-refractivity contribution in [1.82, 2.24) is 0 Å². The molecule has 3 unspecified atom stereocenters. The number of Topliss-reactive ketones (excluding diaryl/α,β-unsaturated/α-hetero) is 1. The molecule has 0 aromatic heterocycles. The minimum Gasteiger partial charge on any atom is -0.318 e. The monoisotopic (exact) mass is 231 g/mol. The van der Waals surface area contributed by atoms with E-state index in [1.807, 2.05) is 30.3 Å². The van der Waals surface area contributed by atoms with E-state index in [0.29, 0.717) is 5.92 Å². The van der Waals surface area contributed by atoms with Gasteiger partial charge in [0, 0.05) is 5.92 Å². The predicted molar refractivity (Wildman–Crippen MR) is 69.5 cm³/mol. The van der Waals surface area contributed by atoms with Gasteiger partial charge in [0.05, 0.1) is 6.04 Å². The first-order valence-corrected chi connectivity index (χ1v) is 6.52. The zero-order chi connectivity index (χ0) is 12.3. The van der Waals surface area contributed by atoms with E-state index in [1.165, 1.54) is 12.8 Å². The molecule has 2 heteroatoms. The average Bonchev–Trinajstić information content (AvgIpc) is 2.38. The molecule has 92 valence electrons. The second kappa shape index (κ2) is 5.46. The smallest absolute Gasteiger partial charge is 0.157 e. The van der Waals surface area contributed by atoms with E-state index in [9.17, 15) is 4.79 Å². The van der Waals surface area contributed by atoms with Crippen LogP contribution in [0.5, 0.6) is 0 Å². The van der Waals surface area contributed by atoms with Crippen molar-refractivity contribution < 1.29 is 4.79 Å². The van der Waals surface area contributed by atoms with Gasteiger partial charge in [0.1, 0.15) is 0 Å². The maximum absolute atomic E-state index is 12.3. The number of ketones is 1. The van der Waals surface area contributed by atoms with Crippen LogP contribution in [-0.4, -0.2) is 5.78 Å². The summed E-state index contributed by atoms with van der Waals surface area (Å²) < 4.78 is 0. The molecule has 1 aromatic carbocycles. The third kappa shape index (κ3) is 2.95. The summed E-state index contributed by atoms with van der Waals surface area (Å²) >= 11 is 0. The van der Waals surface area contributed by atoms with Crippen LogP contribution in [-0.2, 0) is 4.79 Å². The Hall–Kier alpha value is -1.15. The van der Waals surface area contributed by atoms with Crippen LogP contribution in [0.15, 0.2) is 30.3 Å². The van der Waals surface area contributed by atoms with Crippen LogP contribution in [0.1, 0.15) is 44.2 Å². The zero-order valence-electron chi connectivity index (χ0n) is 10.4. The molecule has 0 saturated heterocycles. The summed E-state index contributed by atoms with van der Waals surface area (Å²) in [5, 5.41) is 0. The van der Waals surface area contributed by atoms with Crippen LogP contribution < -0.4 is 5.73 Å². The molecule has 0 aliphatic heterocycles. The second-order valence-corrected chi connectivity index (χ2v) is 5.26. The van der Waals surface area contributed by atoms with Crippen LogP contribution in [0, 0.1) is 11.8 Å². The number of rotatable bonds is 3. The predicted octanol–water partition coefficient (Wildman–Crippen LogP) is 3.08. The van der Waals surface area contributed by atoms with Crippen molar-refractivity contribution in [3.8, 4) is 0 Å². The highest BCUT2D eigenvalue weighted by atomic mass is 16.1. The molecule has 1 aromatic rings. The quantitative estimate of drug-likeness (QED) is 0.868. The first-order valence-electron chi connectivity index (χ1n) is 6.52. The minimum absolute atomic E-state index is 0.175. The fourth-order valence-electron chi connectivity index (χ4n) is 2.77. The summed E-state index contributed by atoms with van der Waals surface area (Å²) in [6, 6.07) is 9.26. The van der Waals surface area contributed by atoms with Gasteiger partial charge in [-0.15, -0.1) is 0 Å². The molecule has 0 bridgehead atoms. The Bertz CT molecular complexity index is 374. The Labute approximate surface area is 103 Å². The Kier molecular flexibility index (Phi) is 3.95. The van der Waals surface area contributed by atoms with E-state index < -0.39 is 6.04 Å². The molecule has 3 atom stereocenters. The topological polar surface area (TPSA) is 43.1 Å². The van der Waals surface area contributed by atoms with Crippen molar-refractivity contribution in [2.75, 3.05) is 0 Å². The van der Waals surface area contributed by atoms with Gasteiger partial charge in [-0.1, -0.05) is 50.1 Å². The van der Waals surface area contributed by atoms with Crippen LogP contribution in [0.3, 0.4) is 0 Å². The van der Waals surface area contributed by atoms with Crippen molar-refractivity contribution >= 4 is 5.78 Å². The molecule has 2 rings (SSSR count). The summed E-state index contributed by atoms with van der Waals surface area (Å²) in [6.45, 7) is 2.23. The molecule has 1 saturated carbocycles. The highest BCUT2D eigenvalue weighted by Crippen LogP contribution is 2.31. The van der Waals surface area contributed by atoms with Gasteiger partial charge in [-0.2, -0.15) is 0 Å². The Morgan fingerprint density at radius 1 is 1.29 bits per heavy atom. The van der Waals surface area contributed by atoms with Gasteiger partial charge >= 0.3 is 0 Å². The molecular formula is C15H21NO. The average molecular weight is 231 g/mol. The normalized spacial score (nSPS) is 26.5. The van der Waals surface area contributed by atoms with Crippen LogP contribution in [0.4, 0.5) is 0 Å². The highest BCUT2D eigenvalue weighted by Gasteiger charge is 2.29. The van der Waals surface area contributed by atoms with Gasteiger partial charge in [-0.25, -0.2) is 0 Å². The van der Waals surface area contributed by atoms with Crippen molar-refractivity contribution in [3.63, 3.8) is 0 Å². The van der Waals surface area contributed by atoms with Gasteiger partial charge in [0.2, 0.25) is 0 Å². The van der Waals surface area contributed by atoms with Crippen molar-refractivity contribution in [1.29, 1.82) is 0 Å². The first kappa shape index (κ1) is 12.3. The lowest BCUT2D eigenvalue weighted by Gasteiger charge is -2.27. The summed E-state index contributed by atoms with van der Waals surface area (Å²) in [6.07, 6.45) is 4.45. The zero-order valence-corrected chi connectivity index (χ0v) is 10.4. The number of carbonyl (C=O) groups is 1. The SMILES string of the molecule is CC1CCCC(C(=O)C(N)c2ccccc2)C1. The second-order valence-electron chi connectivity index (χ2n) is 5.26. The molecule has 1 fully saturated rings. The lowest BCUT2D eigenvalue weighted by atomic mass is 9.78. The van der Waals surface area contributed by atoms with Gasteiger partial charge in [-0.05, 0) is 24.3 Å². The van der Waals surface area contributed by atoms with Gasteiger partial charge < -0.3 is 5.73 Å². The van der Waals surface area contributed by atoms with Crippen molar-refractivity contribution in [2.45, 2.75) is 38.6 Å². The number of hydrogen-bond acceptors (Lipinski definition) is 2. The van der Waals surface area contributed by atoms with Crippen LogP contribution in [0.25, 0.3) is 0 Å². The minimum atomic E-state index is -0.438. The summed E-state index contributed by atoms with van der Waals surface area (Å²) in [7, 11) is 0. The van der Waals surface area contributed by atoms with E-state index in [0.717, 1.165) is 18.4 Å². The third-order valence-electron chi connectivity index (χ3n) is 3.80. The molecule has 0 spiro atoms. The van der Waals surface area contributed by atoms with Crippen molar-refractivity contribution in [3.05, 3.63) is 35.9 Å². The molecule has 1 aliphatic carbocycles. The van der Waals surface area contributed by atoms with Crippen molar-refractivity contribution in [2.24, 2.45) is 17.6 Å². The molecule has 0 amide bonds. The maximum Gasteiger partial charge on any atom is 0.157 e. The number of benzene rings is 1. The third-order valence-corrected chi connectivity index (χ3v) is 3.80. The summed E-state index contributed by atoms with van der Waals surface area (Å²) in [4.78, 5) is 12.3.